The summed E-state index contributed by atoms with van der Waals surface area (Å²) in [6.45, 7) is 3.01. The van der Waals surface area contributed by atoms with Gasteiger partial charge in [-0.25, -0.2) is 9.67 Å². The number of methoxy groups -OCH3 is 2. The summed E-state index contributed by atoms with van der Waals surface area (Å²) in [7, 11) is 3.31. The van der Waals surface area contributed by atoms with Gasteiger partial charge < -0.3 is 14.4 Å². The Hall–Kier alpha value is -2.25. The van der Waals surface area contributed by atoms with Crippen molar-refractivity contribution in [3.8, 4) is 5.69 Å². The fourth-order valence-corrected chi connectivity index (χ4v) is 3.21. The minimum atomic E-state index is -0.175. The number of para-hydroxylation sites is 1. The van der Waals surface area contributed by atoms with Crippen molar-refractivity contribution >= 4 is 5.91 Å². The van der Waals surface area contributed by atoms with Gasteiger partial charge in [-0.05, 0) is 18.6 Å². The Morgan fingerprint density at radius 3 is 2.68 bits per heavy atom. The van der Waals surface area contributed by atoms with Crippen molar-refractivity contribution in [2.75, 3.05) is 27.4 Å². The third-order valence-corrected chi connectivity index (χ3v) is 4.51. The molecule has 2 heterocycles. The second-order valence-corrected chi connectivity index (χ2v) is 6.11. The Bertz CT molecular complexity index is 716. The first-order valence-electron chi connectivity index (χ1n) is 8.52. The monoisotopic (exact) mass is 344 g/mol. The molecule has 0 radical (unpaired) electrons. The third kappa shape index (κ3) is 3.57. The summed E-state index contributed by atoms with van der Waals surface area (Å²) >= 11 is 0. The van der Waals surface area contributed by atoms with E-state index in [0.29, 0.717) is 19.6 Å². The van der Waals surface area contributed by atoms with Crippen LogP contribution in [0.25, 0.3) is 5.69 Å². The first-order chi connectivity index (χ1) is 12.2. The van der Waals surface area contributed by atoms with Gasteiger partial charge in [-0.15, -0.1) is 5.10 Å². The molecule has 1 amide bonds. The molecule has 0 unspecified atom stereocenters. The van der Waals surface area contributed by atoms with Gasteiger partial charge in [-0.1, -0.05) is 25.1 Å². The smallest absolute Gasteiger partial charge is 0.293 e. The number of likely N-dealkylation sites (tertiary alicyclic amines) is 1. The SMILES string of the molecule is CCc1nc(C(=O)N2C[C@@H](OC)C[C@H]2COC)nn1-c1ccccc1. The number of amides is 1. The maximum absolute atomic E-state index is 13.0. The van der Waals surface area contributed by atoms with Crippen LogP contribution in [-0.2, 0) is 15.9 Å². The molecule has 1 fully saturated rings. The molecule has 1 aromatic heterocycles. The topological polar surface area (TPSA) is 69.5 Å². The molecule has 7 nitrogen and oxygen atoms in total. The summed E-state index contributed by atoms with van der Waals surface area (Å²) in [6.07, 6.45) is 1.47. The zero-order valence-corrected chi connectivity index (χ0v) is 14.9. The number of nitrogens with zero attached hydrogens (tertiary/aromatic N) is 4. The van der Waals surface area contributed by atoms with Crippen molar-refractivity contribution in [2.24, 2.45) is 0 Å². The van der Waals surface area contributed by atoms with Crippen LogP contribution < -0.4 is 0 Å². The van der Waals surface area contributed by atoms with Gasteiger partial charge in [0.25, 0.3) is 5.91 Å². The van der Waals surface area contributed by atoms with Gasteiger partial charge in [0, 0.05) is 27.2 Å². The van der Waals surface area contributed by atoms with Crippen LogP contribution >= 0.6 is 0 Å². The van der Waals surface area contributed by atoms with Crippen molar-refractivity contribution in [3.05, 3.63) is 42.0 Å². The Morgan fingerprint density at radius 1 is 1.28 bits per heavy atom. The number of aromatic nitrogens is 3. The van der Waals surface area contributed by atoms with Crippen LogP contribution in [-0.4, -0.2) is 65.1 Å². The molecule has 3 rings (SSSR count). The average Bonchev–Trinajstić information content (AvgIpc) is 3.26. The fraction of sp³-hybridized carbons (Fsp3) is 0.500. The Morgan fingerprint density at radius 2 is 2.04 bits per heavy atom. The molecule has 0 spiro atoms. The lowest BCUT2D eigenvalue weighted by Crippen LogP contribution is -2.39. The molecular formula is C18H24N4O3. The largest absolute Gasteiger partial charge is 0.383 e. The lowest BCUT2D eigenvalue weighted by atomic mass is 10.2. The number of hydrogen-bond donors (Lipinski definition) is 0. The van der Waals surface area contributed by atoms with Crippen LogP contribution in [0, 0.1) is 0 Å². The summed E-state index contributed by atoms with van der Waals surface area (Å²) in [5.41, 5.74) is 0.899. The molecule has 1 aliphatic heterocycles. The number of carbonyl (C=O) groups excluding carboxylic acids is 1. The van der Waals surface area contributed by atoms with E-state index >= 15 is 0 Å². The summed E-state index contributed by atoms with van der Waals surface area (Å²) in [6, 6.07) is 9.71. The number of ether oxygens (including phenoxy) is 2. The number of hydrogen-bond acceptors (Lipinski definition) is 5. The minimum Gasteiger partial charge on any atom is -0.383 e. The predicted molar refractivity (Wildman–Crippen MR) is 92.9 cm³/mol. The summed E-state index contributed by atoms with van der Waals surface area (Å²) < 4.78 is 12.4. The van der Waals surface area contributed by atoms with Crippen LogP contribution in [0.5, 0.6) is 0 Å². The molecule has 1 aliphatic rings. The summed E-state index contributed by atoms with van der Waals surface area (Å²) in [5.74, 6) is 0.810. The van der Waals surface area contributed by atoms with Crippen molar-refractivity contribution in [3.63, 3.8) is 0 Å². The lowest BCUT2D eigenvalue weighted by molar-refractivity contribution is 0.0600. The lowest BCUT2D eigenvalue weighted by Gasteiger charge is -2.22. The van der Waals surface area contributed by atoms with E-state index in [1.165, 1.54) is 0 Å². The molecule has 25 heavy (non-hydrogen) atoms. The van der Waals surface area contributed by atoms with E-state index in [4.69, 9.17) is 9.47 Å². The third-order valence-electron chi connectivity index (χ3n) is 4.51. The molecule has 134 valence electrons. The number of rotatable bonds is 6. The van der Waals surface area contributed by atoms with Gasteiger partial charge in [-0.2, -0.15) is 0 Å². The Labute approximate surface area is 147 Å². The fourth-order valence-electron chi connectivity index (χ4n) is 3.21. The summed E-state index contributed by atoms with van der Waals surface area (Å²) in [4.78, 5) is 19.2. The van der Waals surface area contributed by atoms with Crippen molar-refractivity contribution in [1.29, 1.82) is 0 Å². The van der Waals surface area contributed by atoms with E-state index in [0.717, 1.165) is 17.9 Å². The average molecular weight is 344 g/mol. The van der Waals surface area contributed by atoms with Gasteiger partial charge >= 0.3 is 0 Å². The van der Waals surface area contributed by atoms with Gasteiger partial charge in [0.1, 0.15) is 5.82 Å². The number of benzene rings is 1. The van der Waals surface area contributed by atoms with E-state index in [2.05, 4.69) is 10.1 Å². The van der Waals surface area contributed by atoms with E-state index in [9.17, 15) is 4.79 Å². The van der Waals surface area contributed by atoms with Crippen LogP contribution in [0.4, 0.5) is 0 Å². The van der Waals surface area contributed by atoms with Gasteiger partial charge in [-0.3, -0.25) is 4.79 Å². The molecule has 0 bridgehead atoms. The molecule has 0 N–H and O–H groups in total. The zero-order valence-electron chi connectivity index (χ0n) is 14.9. The first kappa shape index (κ1) is 17.6. The molecular weight excluding hydrogens is 320 g/mol. The van der Waals surface area contributed by atoms with E-state index in [1.807, 2.05) is 37.3 Å². The predicted octanol–water partition coefficient (Wildman–Crippen LogP) is 1.71. The van der Waals surface area contributed by atoms with Crippen LogP contribution in [0.1, 0.15) is 29.8 Å². The van der Waals surface area contributed by atoms with Gasteiger partial charge in [0.2, 0.25) is 5.82 Å². The van der Waals surface area contributed by atoms with E-state index < -0.39 is 0 Å². The van der Waals surface area contributed by atoms with Crippen molar-refractivity contribution in [1.82, 2.24) is 19.7 Å². The maximum Gasteiger partial charge on any atom is 0.293 e. The zero-order chi connectivity index (χ0) is 17.8. The molecule has 1 aromatic carbocycles. The highest BCUT2D eigenvalue weighted by Crippen LogP contribution is 2.22. The van der Waals surface area contributed by atoms with Gasteiger partial charge in [0.15, 0.2) is 0 Å². The molecule has 2 atom stereocenters. The van der Waals surface area contributed by atoms with Crippen molar-refractivity contribution in [2.45, 2.75) is 31.9 Å². The standard InChI is InChI=1S/C18H24N4O3/c1-4-16-19-17(20-22(16)13-8-6-5-7-9-13)18(23)21-11-15(25-3)10-14(21)12-24-2/h5-9,14-15H,4,10-12H2,1-3H3/t14-,15-/m0/s1. The van der Waals surface area contributed by atoms with Gasteiger partial charge in [0.05, 0.1) is 24.4 Å². The second-order valence-electron chi connectivity index (χ2n) is 6.11. The van der Waals surface area contributed by atoms with Crippen molar-refractivity contribution < 1.29 is 14.3 Å². The van der Waals surface area contributed by atoms with E-state index in [1.54, 1.807) is 23.8 Å². The molecule has 0 aliphatic carbocycles. The number of aryl methyl sites for hydroxylation is 1. The molecule has 7 heteroatoms. The normalized spacial score (nSPS) is 20.2. The highest BCUT2D eigenvalue weighted by atomic mass is 16.5. The molecule has 1 saturated heterocycles. The van der Waals surface area contributed by atoms with Crippen LogP contribution in [0.2, 0.25) is 0 Å². The Balaban J connectivity index is 1.88. The second kappa shape index (κ2) is 7.76. The van der Waals surface area contributed by atoms with Crippen LogP contribution in [0.15, 0.2) is 30.3 Å². The van der Waals surface area contributed by atoms with Crippen LogP contribution in [0.3, 0.4) is 0 Å². The highest BCUT2D eigenvalue weighted by Gasteiger charge is 2.37. The first-order valence-corrected chi connectivity index (χ1v) is 8.52. The summed E-state index contributed by atoms with van der Waals surface area (Å²) in [5, 5.41) is 4.47. The minimum absolute atomic E-state index is 0.0174. The molecule has 0 saturated carbocycles. The molecule has 2 aromatic rings. The maximum atomic E-state index is 13.0. The van der Waals surface area contributed by atoms with E-state index in [-0.39, 0.29) is 23.9 Å². The Kier molecular flexibility index (Phi) is 5.45. The quantitative estimate of drug-likeness (QED) is 0.798. The highest BCUT2D eigenvalue weighted by molar-refractivity contribution is 5.91. The number of carbonyl (C=O) groups is 1.